The van der Waals surface area contributed by atoms with Gasteiger partial charge in [0.2, 0.25) is 0 Å². The van der Waals surface area contributed by atoms with Crippen molar-refractivity contribution in [2.75, 3.05) is 4.72 Å². The minimum absolute atomic E-state index is 0.293. The van der Waals surface area contributed by atoms with Crippen LogP contribution >= 0.6 is 0 Å². The maximum Gasteiger partial charge on any atom is 0.262 e. The fourth-order valence-electron chi connectivity index (χ4n) is 2.95. The Morgan fingerprint density at radius 1 is 0.952 bits per heavy atom. The molecule has 1 fully saturated rings. The highest BCUT2D eigenvalue weighted by Gasteiger charge is 2.20. The minimum Gasteiger partial charge on any atom is -0.331 e. The van der Waals surface area contributed by atoms with E-state index in [1.165, 1.54) is 19.3 Å². The van der Waals surface area contributed by atoms with Gasteiger partial charge in [-0.1, -0.05) is 37.5 Å². The number of sulfonamides is 1. The van der Waals surface area contributed by atoms with Gasteiger partial charge >= 0.3 is 0 Å². The van der Waals surface area contributed by atoms with Crippen LogP contribution in [0.1, 0.15) is 38.1 Å². The molecule has 0 aliphatic heterocycles. The standard InChI is InChI=1S/C16H20N2O2S/c19-21(20,15-10-5-2-6-11-15)17-16-12-7-13-18(16)14-8-3-1-4-9-14/h2,5-7,10-14,17H,1,3-4,8-9H2. The molecule has 2 aromatic rings. The number of anilines is 1. The van der Waals surface area contributed by atoms with E-state index in [1.807, 2.05) is 24.4 Å². The Morgan fingerprint density at radius 2 is 1.67 bits per heavy atom. The van der Waals surface area contributed by atoms with Crippen LogP contribution in [0.2, 0.25) is 0 Å². The predicted octanol–water partition coefficient (Wildman–Crippen LogP) is 3.79. The molecule has 0 atom stereocenters. The molecule has 1 aromatic carbocycles. The topological polar surface area (TPSA) is 51.1 Å². The van der Waals surface area contributed by atoms with E-state index in [4.69, 9.17) is 0 Å². The highest BCUT2D eigenvalue weighted by Crippen LogP contribution is 2.31. The Bertz CT molecular complexity index is 686. The smallest absolute Gasteiger partial charge is 0.262 e. The fraction of sp³-hybridized carbons (Fsp3) is 0.375. The Morgan fingerprint density at radius 3 is 2.38 bits per heavy atom. The van der Waals surface area contributed by atoms with Gasteiger partial charge in [0.25, 0.3) is 10.0 Å². The van der Waals surface area contributed by atoms with Crippen LogP contribution in [0.3, 0.4) is 0 Å². The van der Waals surface area contributed by atoms with Gasteiger partial charge in [0.1, 0.15) is 5.82 Å². The molecular formula is C16H20N2O2S. The van der Waals surface area contributed by atoms with Gasteiger partial charge in [-0.15, -0.1) is 0 Å². The first kappa shape index (κ1) is 14.2. The Hall–Kier alpha value is -1.75. The van der Waals surface area contributed by atoms with Gasteiger partial charge in [-0.2, -0.15) is 0 Å². The molecule has 0 spiro atoms. The second-order valence-corrected chi connectivity index (χ2v) is 7.19. The Balaban J connectivity index is 1.84. The second kappa shape index (κ2) is 5.93. The number of hydrogen-bond donors (Lipinski definition) is 1. The number of nitrogens with zero attached hydrogens (tertiary/aromatic N) is 1. The zero-order chi connectivity index (χ0) is 14.7. The normalized spacial score (nSPS) is 16.8. The molecule has 0 radical (unpaired) electrons. The van der Waals surface area contributed by atoms with Gasteiger partial charge < -0.3 is 4.57 Å². The number of hydrogen-bond acceptors (Lipinski definition) is 2. The van der Waals surface area contributed by atoms with Crippen LogP contribution < -0.4 is 4.72 Å². The summed E-state index contributed by atoms with van der Waals surface area (Å²) < 4.78 is 29.6. The second-order valence-electron chi connectivity index (χ2n) is 5.51. The van der Waals surface area contributed by atoms with Gasteiger partial charge in [0.05, 0.1) is 4.90 Å². The summed E-state index contributed by atoms with van der Waals surface area (Å²) in [5, 5.41) is 0. The van der Waals surface area contributed by atoms with Crippen LogP contribution in [-0.2, 0) is 10.0 Å². The third kappa shape index (κ3) is 3.13. The molecule has 1 aliphatic carbocycles. The molecule has 0 unspecified atom stereocenters. The Kier molecular flexibility index (Phi) is 4.01. The molecule has 0 saturated heterocycles. The van der Waals surface area contributed by atoms with Crippen LogP contribution in [0.4, 0.5) is 5.82 Å². The molecule has 4 nitrogen and oxygen atoms in total. The van der Waals surface area contributed by atoms with Crippen molar-refractivity contribution in [3.05, 3.63) is 48.7 Å². The molecule has 0 bridgehead atoms. The van der Waals surface area contributed by atoms with E-state index in [9.17, 15) is 8.42 Å². The average molecular weight is 304 g/mol. The van der Waals surface area contributed by atoms with E-state index in [0.717, 1.165) is 12.8 Å². The van der Waals surface area contributed by atoms with Crippen molar-refractivity contribution in [2.45, 2.75) is 43.0 Å². The van der Waals surface area contributed by atoms with Crippen LogP contribution in [0.25, 0.3) is 0 Å². The molecule has 3 rings (SSSR count). The van der Waals surface area contributed by atoms with E-state index in [1.54, 1.807) is 24.3 Å². The lowest BCUT2D eigenvalue weighted by atomic mass is 9.95. The average Bonchev–Trinajstić information content (AvgIpc) is 2.96. The first-order chi connectivity index (χ1) is 10.2. The molecule has 1 N–H and O–H groups in total. The van der Waals surface area contributed by atoms with Crippen molar-refractivity contribution in [3.8, 4) is 0 Å². The lowest BCUT2D eigenvalue weighted by Crippen LogP contribution is -2.19. The summed E-state index contributed by atoms with van der Waals surface area (Å²) in [6.07, 6.45) is 7.92. The zero-order valence-corrected chi connectivity index (χ0v) is 12.7. The maximum atomic E-state index is 12.4. The lowest BCUT2D eigenvalue weighted by molar-refractivity contribution is 0.357. The highest BCUT2D eigenvalue weighted by molar-refractivity contribution is 7.92. The third-order valence-electron chi connectivity index (χ3n) is 4.04. The summed E-state index contributed by atoms with van der Waals surface area (Å²) in [7, 11) is -3.52. The van der Waals surface area contributed by atoms with Crippen molar-refractivity contribution in [3.63, 3.8) is 0 Å². The first-order valence-corrected chi connectivity index (χ1v) is 8.90. The van der Waals surface area contributed by atoms with Gasteiger partial charge in [0, 0.05) is 12.2 Å². The van der Waals surface area contributed by atoms with E-state index in [2.05, 4.69) is 9.29 Å². The summed E-state index contributed by atoms with van der Waals surface area (Å²) in [6, 6.07) is 12.6. The van der Waals surface area contributed by atoms with Crippen LogP contribution in [-0.4, -0.2) is 13.0 Å². The monoisotopic (exact) mass is 304 g/mol. The summed E-state index contributed by atoms with van der Waals surface area (Å²) in [6.45, 7) is 0. The van der Waals surface area contributed by atoms with Crippen molar-refractivity contribution in [1.82, 2.24) is 4.57 Å². The lowest BCUT2D eigenvalue weighted by Gasteiger charge is -2.25. The number of nitrogens with one attached hydrogen (secondary N) is 1. The largest absolute Gasteiger partial charge is 0.331 e. The summed E-state index contributed by atoms with van der Waals surface area (Å²) in [5.41, 5.74) is 0. The number of benzene rings is 1. The molecule has 21 heavy (non-hydrogen) atoms. The van der Waals surface area contributed by atoms with E-state index >= 15 is 0 Å². The van der Waals surface area contributed by atoms with Crippen LogP contribution in [0, 0.1) is 0 Å². The van der Waals surface area contributed by atoms with Gasteiger partial charge in [-0.3, -0.25) is 4.72 Å². The van der Waals surface area contributed by atoms with Crippen molar-refractivity contribution >= 4 is 15.8 Å². The van der Waals surface area contributed by atoms with Gasteiger partial charge in [-0.25, -0.2) is 8.42 Å². The summed E-state index contributed by atoms with van der Waals surface area (Å²) in [5.74, 6) is 0.658. The maximum absolute atomic E-state index is 12.4. The molecule has 5 heteroatoms. The van der Waals surface area contributed by atoms with Crippen LogP contribution in [0.5, 0.6) is 0 Å². The molecule has 1 aliphatic rings. The zero-order valence-electron chi connectivity index (χ0n) is 11.9. The SMILES string of the molecule is O=S(=O)(Nc1cccn1C1CCCCC1)c1ccccc1. The molecule has 0 amide bonds. The summed E-state index contributed by atoms with van der Waals surface area (Å²) in [4.78, 5) is 0.293. The van der Waals surface area contributed by atoms with Crippen LogP contribution in [0.15, 0.2) is 53.6 Å². The predicted molar refractivity (Wildman–Crippen MR) is 83.8 cm³/mol. The molecular weight excluding hydrogens is 284 g/mol. The van der Waals surface area contributed by atoms with E-state index in [0.29, 0.717) is 16.8 Å². The summed E-state index contributed by atoms with van der Waals surface area (Å²) >= 11 is 0. The Labute approximate surface area is 125 Å². The van der Waals surface area contributed by atoms with E-state index < -0.39 is 10.0 Å². The van der Waals surface area contributed by atoms with E-state index in [-0.39, 0.29) is 0 Å². The molecule has 1 heterocycles. The third-order valence-corrected chi connectivity index (χ3v) is 5.41. The number of rotatable bonds is 4. The highest BCUT2D eigenvalue weighted by atomic mass is 32.2. The number of aromatic nitrogens is 1. The minimum atomic E-state index is -3.52. The van der Waals surface area contributed by atoms with Crippen molar-refractivity contribution in [2.24, 2.45) is 0 Å². The first-order valence-electron chi connectivity index (χ1n) is 7.41. The molecule has 1 saturated carbocycles. The van der Waals surface area contributed by atoms with Gasteiger partial charge in [-0.05, 0) is 37.1 Å². The van der Waals surface area contributed by atoms with Crippen molar-refractivity contribution < 1.29 is 8.42 Å². The molecule has 1 aromatic heterocycles. The molecule has 112 valence electrons. The quantitative estimate of drug-likeness (QED) is 0.934. The van der Waals surface area contributed by atoms with Gasteiger partial charge in [0.15, 0.2) is 0 Å². The fourth-order valence-corrected chi connectivity index (χ4v) is 4.04. The van der Waals surface area contributed by atoms with Crippen molar-refractivity contribution in [1.29, 1.82) is 0 Å².